The summed E-state index contributed by atoms with van der Waals surface area (Å²) in [5, 5.41) is 11.3. The van der Waals surface area contributed by atoms with E-state index in [9.17, 15) is 14.9 Å². The summed E-state index contributed by atoms with van der Waals surface area (Å²) in [5.74, 6) is 0.751. The number of carbonyl (C=O) groups is 1. The number of nitro benzene ring substituents is 1. The topological polar surface area (TPSA) is 85.2 Å². The molecule has 1 amide bonds. The van der Waals surface area contributed by atoms with Crippen LogP contribution in [0.1, 0.15) is 17.3 Å². The molecule has 2 aromatic rings. The van der Waals surface area contributed by atoms with Crippen LogP contribution in [-0.2, 0) is 0 Å². The van der Waals surface area contributed by atoms with Crippen molar-refractivity contribution in [1.82, 2.24) is 4.90 Å². The maximum atomic E-state index is 12.8. The Kier molecular flexibility index (Phi) is 5.98. The molecule has 0 bridgehead atoms. The molecule has 0 aromatic heterocycles. The van der Waals surface area contributed by atoms with Gasteiger partial charge in [0.1, 0.15) is 5.75 Å². The van der Waals surface area contributed by atoms with Gasteiger partial charge in [0.25, 0.3) is 5.91 Å². The second-order valence-corrected chi connectivity index (χ2v) is 6.35. The molecule has 0 radical (unpaired) electrons. The van der Waals surface area contributed by atoms with E-state index >= 15 is 0 Å². The second kappa shape index (κ2) is 8.60. The summed E-state index contributed by atoms with van der Waals surface area (Å²) in [4.78, 5) is 27.5. The minimum Gasteiger partial charge on any atom is -0.497 e. The van der Waals surface area contributed by atoms with Gasteiger partial charge in [-0.3, -0.25) is 14.9 Å². The van der Waals surface area contributed by atoms with Gasteiger partial charge in [-0.1, -0.05) is 6.07 Å². The molecule has 0 spiro atoms. The number of methoxy groups -OCH3 is 1. The molecule has 1 heterocycles. The first-order chi connectivity index (χ1) is 13.5. The predicted octanol–water partition coefficient (Wildman–Crippen LogP) is 2.96. The summed E-state index contributed by atoms with van der Waals surface area (Å²) in [7, 11) is 1.63. The number of nitro groups is 1. The lowest BCUT2D eigenvalue weighted by Crippen LogP contribution is -2.48. The Morgan fingerprint density at radius 2 is 1.89 bits per heavy atom. The van der Waals surface area contributed by atoms with Crippen LogP contribution in [0.5, 0.6) is 11.5 Å². The van der Waals surface area contributed by atoms with Crippen molar-refractivity contribution in [3.8, 4) is 11.5 Å². The number of benzene rings is 2. The van der Waals surface area contributed by atoms with Crippen LogP contribution in [0, 0.1) is 10.1 Å². The van der Waals surface area contributed by atoms with E-state index in [4.69, 9.17) is 9.47 Å². The summed E-state index contributed by atoms with van der Waals surface area (Å²) in [5.41, 5.74) is 1.15. The van der Waals surface area contributed by atoms with Gasteiger partial charge >= 0.3 is 5.69 Å². The molecule has 1 fully saturated rings. The van der Waals surface area contributed by atoms with E-state index in [2.05, 4.69) is 4.90 Å². The lowest BCUT2D eigenvalue weighted by atomic mass is 10.1. The Labute approximate surface area is 163 Å². The highest BCUT2D eigenvalue weighted by Crippen LogP contribution is 2.29. The van der Waals surface area contributed by atoms with Crippen LogP contribution in [0.15, 0.2) is 42.5 Å². The summed E-state index contributed by atoms with van der Waals surface area (Å²) in [6.07, 6.45) is 0. The van der Waals surface area contributed by atoms with Gasteiger partial charge in [0.2, 0.25) is 0 Å². The monoisotopic (exact) mass is 385 g/mol. The van der Waals surface area contributed by atoms with Gasteiger partial charge in [-0.15, -0.1) is 0 Å². The van der Waals surface area contributed by atoms with Crippen molar-refractivity contribution in [2.45, 2.75) is 6.92 Å². The Balaban J connectivity index is 1.69. The fraction of sp³-hybridized carbons (Fsp3) is 0.350. The maximum Gasteiger partial charge on any atom is 0.311 e. The average molecular weight is 385 g/mol. The molecule has 1 saturated heterocycles. The third kappa shape index (κ3) is 4.16. The van der Waals surface area contributed by atoms with E-state index in [1.807, 2.05) is 24.3 Å². The minimum atomic E-state index is -0.525. The fourth-order valence-corrected chi connectivity index (χ4v) is 3.23. The Morgan fingerprint density at radius 3 is 2.54 bits per heavy atom. The lowest BCUT2D eigenvalue weighted by Gasteiger charge is -2.36. The van der Waals surface area contributed by atoms with Gasteiger partial charge in [0, 0.05) is 49.6 Å². The number of hydrogen-bond donors (Lipinski definition) is 0. The van der Waals surface area contributed by atoms with E-state index in [0.717, 1.165) is 11.4 Å². The summed E-state index contributed by atoms with van der Waals surface area (Å²) in [6.45, 7) is 4.51. The molecule has 8 nitrogen and oxygen atoms in total. The zero-order valence-corrected chi connectivity index (χ0v) is 16.0. The number of piperazine rings is 1. The number of nitrogens with zero attached hydrogens (tertiary/aromatic N) is 3. The molecule has 3 rings (SSSR count). The molecule has 8 heteroatoms. The van der Waals surface area contributed by atoms with Crippen LogP contribution < -0.4 is 14.4 Å². The molecule has 28 heavy (non-hydrogen) atoms. The molecule has 1 aliphatic rings. The second-order valence-electron chi connectivity index (χ2n) is 6.35. The van der Waals surface area contributed by atoms with Crippen molar-refractivity contribution in [2.75, 3.05) is 44.8 Å². The van der Waals surface area contributed by atoms with Crippen LogP contribution in [0.2, 0.25) is 0 Å². The van der Waals surface area contributed by atoms with E-state index < -0.39 is 4.92 Å². The van der Waals surface area contributed by atoms with Crippen LogP contribution in [-0.4, -0.2) is 55.6 Å². The number of rotatable bonds is 6. The van der Waals surface area contributed by atoms with Crippen molar-refractivity contribution in [3.05, 3.63) is 58.1 Å². The average Bonchev–Trinajstić information content (AvgIpc) is 2.73. The third-order valence-electron chi connectivity index (χ3n) is 4.69. The summed E-state index contributed by atoms with van der Waals surface area (Å²) in [6, 6.07) is 12.2. The van der Waals surface area contributed by atoms with Gasteiger partial charge in [-0.2, -0.15) is 0 Å². The Morgan fingerprint density at radius 1 is 1.14 bits per heavy atom. The summed E-state index contributed by atoms with van der Waals surface area (Å²) < 4.78 is 10.5. The SMILES string of the molecule is CCOc1ccc(C(=O)N2CCN(c3cccc(OC)c3)CC2)cc1[N+](=O)[O-]. The van der Waals surface area contributed by atoms with E-state index in [1.165, 1.54) is 12.1 Å². The summed E-state index contributed by atoms with van der Waals surface area (Å²) >= 11 is 0. The van der Waals surface area contributed by atoms with Gasteiger partial charge in [0.15, 0.2) is 5.75 Å². The van der Waals surface area contributed by atoms with E-state index in [1.54, 1.807) is 25.0 Å². The highest BCUT2D eigenvalue weighted by molar-refractivity contribution is 5.95. The number of hydrogen-bond acceptors (Lipinski definition) is 6. The number of ether oxygens (including phenoxy) is 2. The maximum absolute atomic E-state index is 12.8. The van der Waals surface area contributed by atoms with Crippen LogP contribution in [0.4, 0.5) is 11.4 Å². The van der Waals surface area contributed by atoms with Crippen LogP contribution >= 0.6 is 0 Å². The smallest absolute Gasteiger partial charge is 0.311 e. The molecule has 2 aromatic carbocycles. The van der Waals surface area contributed by atoms with E-state index in [-0.39, 0.29) is 17.3 Å². The standard InChI is InChI=1S/C20H23N3O5/c1-3-28-19-8-7-15(13-18(19)23(25)26)20(24)22-11-9-21(10-12-22)16-5-4-6-17(14-16)27-2/h4-8,13-14H,3,9-12H2,1-2H3. The first-order valence-corrected chi connectivity index (χ1v) is 9.13. The van der Waals surface area contributed by atoms with Gasteiger partial charge in [0.05, 0.1) is 18.6 Å². The molecule has 0 atom stereocenters. The number of anilines is 1. The normalized spacial score (nSPS) is 13.9. The molecule has 1 aliphatic heterocycles. The van der Waals surface area contributed by atoms with Crippen molar-refractivity contribution < 1.29 is 19.2 Å². The molecule has 0 aliphatic carbocycles. The first kappa shape index (κ1) is 19.5. The number of amides is 1. The van der Waals surface area contributed by atoms with Crippen LogP contribution in [0.3, 0.4) is 0 Å². The molecule has 148 valence electrons. The molecule has 0 N–H and O–H groups in total. The lowest BCUT2D eigenvalue weighted by molar-refractivity contribution is -0.385. The van der Waals surface area contributed by atoms with Crippen molar-refractivity contribution >= 4 is 17.3 Å². The molecular formula is C20H23N3O5. The molecular weight excluding hydrogens is 362 g/mol. The van der Waals surface area contributed by atoms with Gasteiger partial charge in [-0.25, -0.2) is 0 Å². The minimum absolute atomic E-state index is 0.173. The largest absolute Gasteiger partial charge is 0.497 e. The fourth-order valence-electron chi connectivity index (χ4n) is 3.23. The highest BCUT2D eigenvalue weighted by Gasteiger charge is 2.25. The molecule has 0 saturated carbocycles. The number of carbonyl (C=O) groups excluding carboxylic acids is 1. The predicted molar refractivity (Wildman–Crippen MR) is 105 cm³/mol. The van der Waals surface area contributed by atoms with Crippen LogP contribution in [0.25, 0.3) is 0 Å². The van der Waals surface area contributed by atoms with Crippen molar-refractivity contribution in [2.24, 2.45) is 0 Å². The zero-order valence-electron chi connectivity index (χ0n) is 16.0. The Hall–Kier alpha value is -3.29. The molecule has 0 unspecified atom stereocenters. The highest BCUT2D eigenvalue weighted by atomic mass is 16.6. The Bertz CT molecular complexity index is 863. The van der Waals surface area contributed by atoms with Crippen molar-refractivity contribution in [3.63, 3.8) is 0 Å². The third-order valence-corrected chi connectivity index (χ3v) is 4.69. The van der Waals surface area contributed by atoms with E-state index in [0.29, 0.717) is 38.3 Å². The zero-order chi connectivity index (χ0) is 20.1. The van der Waals surface area contributed by atoms with Gasteiger partial charge < -0.3 is 19.3 Å². The van der Waals surface area contributed by atoms with Crippen molar-refractivity contribution in [1.29, 1.82) is 0 Å². The van der Waals surface area contributed by atoms with Gasteiger partial charge in [-0.05, 0) is 31.2 Å². The first-order valence-electron chi connectivity index (χ1n) is 9.13. The quantitative estimate of drug-likeness (QED) is 0.561.